The third-order valence-corrected chi connectivity index (χ3v) is 5.37. The lowest BCUT2D eigenvalue weighted by Gasteiger charge is -2.22. The van der Waals surface area contributed by atoms with Gasteiger partial charge >= 0.3 is 0 Å². The van der Waals surface area contributed by atoms with Crippen LogP contribution in [0.15, 0.2) is 52.5 Å². The number of benzene rings is 1. The summed E-state index contributed by atoms with van der Waals surface area (Å²) in [6, 6.07) is 10.9. The molecule has 1 aliphatic rings. The second-order valence-electron chi connectivity index (χ2n) is 6.05. The first-order chi connectivity index (χ1) is 12.7. The lowest BCUT2D eigenvalue weighted by atomic mass is 10.2. The van der Waals surface area contributed by atoms with E-state index in [9.17, 15) is 4.79 Å². The fourth-order valence-corrected chi connectivity index (χ4v) is 3.88. The number of furan rings is 1. The number of ether oxygens (including phenoxy) is 1. The molecule has 0 bridgehead atoms. The number of halogens is 1. The lowest BCUT2D eigenvalue weighted by Crippen LogP contribution is -2.37. The van der Waals surface area contributed by atoms with Crippen molar-refractivity contribution in [3.05, 3.63) is 58.8 Å². The highest BCUT2D eigenvalue weighted by atomic mass is 35.5. The zero-order valence-electron chi connectivity index (χ0n) is 13.9. The van der Waals surface area contributed by atoms with Crippen LogP contribution in [0.5, 0.6) is 0 Å². The van der Waals surface area contributed by atoms with Crippen molar-refractivity contribution < 1.29 is 13.9 Å². The lowest BCUT2D eigenvalue weighted by molar-refractivity contribution is 0.0895. The number of hydrogen-bond donors (Lipinski definition) is 0. The molecule has 1 aromatic carbocycles. The molecular formula is C19H17ClN2O3S. The largest absolute Gasteiger partial charge is 0.459 e. The molecule has 26 heavy (non-hydrogen) atoms. The Hall–Kier alpha value is -2.15. The van der Waals surface area contributed by atoms with Crippen LogP contribution in [0.3, 0.4) is 0 Å². The summed E-state index contributed by atoms with van der Waals surface area (Å²) in [6.45, 7) is 1.20. The summed E-state index contributed by atoms with van der Waals surface area (Å²) >= 11 is 7.38. The number of thiazole rings is 1. The summed E-state index contributed by atoms with van der Waals surface area (Å²) in [4.78, 5) is 19.2. The van der Waals surface area contributed by atoms with Gasteiger partial charge in [-0.3, -0.25) is 9.69 Å². The second kappa shape index (κ2) is 7.61. The Labute approximate surface area is 160 Å². The normalized spacial score (nSPS) is 16.7. The average Bonchev–Trinajstić information content (AvgIpc) is 3.42. The van der Waals surface area contributed by atoms with Crippen LogP contribution in [0.1, 0.15) is 23.4 Å². The zero-order chi connectivity index (χ0) is 17.9. The van der Waals surface area contributed by atoms with Crippen molar-refractivity contribution in [3.8, 4) is 11.3 Å². The minimum absolute atomic E-state index is 0.0248. The minimum Gasteiger partial charge on any atom is -0.459 e. The number of nitrogens with zero attached hydrogens (tertiary/aromatic N) is 2. The van der Waals surface area contributed by atoms with E-state index in [2.05, 4.69) is 4.98 Å². The number of aromatic nitrogens is 1. The molecule has 1 saturated heterocycles. The predicted molar refractivity (Wildman–Crippen MR) is 102 cm³/mol. The first kappa shape index (κ1) is 17.3. The molecule has 1 atom stereocenters. The molecule has 0 radical (unpaired) electrons. The van der Waals surface area contributed by atoms with Gasteiger partial charge in [0.1, 0.15) is 0 Å². The molecule has 0 aliphatic carbocycles. The van der Waals surface area contributed by atoms with Gasteiger partial charge in [-0.05, 0) is 37.1 Å². The van der Waals surface area contributed by atoms with E-state index in [0.717, 1.165) is 30.7 Å². The molecule has 3 heterocycles. The number of carbonyl (C=O) groups excluding carboxylic acids is 1. The minimum atomic E-state index is -0.206. The number of hydrogen-bond acceptors (Lipinski definition) is 5. The van der Waals surface area contributed by atoms with Crippen LogP contribution in [-0.2, 0) is 4.74 Å². The smallest absolute Gasteiger partial charge is 0.295 e. The number of rotatable bonds is 5. The third-order valence-electron chi connectivity index (χ3n) is 4.25. The fourth-order valence-electron chi connectivity index (χ4n) is 2.91. The van der Waals surface area contributed by atoms with Gasteiger partial charge < -0.3 is 9.15 Å². The van der Waals surface area contributed by atoms with Gasteiger partial charge in [-0.2, -0.15) is 0 Å². The van der Waals surface area contributed by atoms with Crippen molar-refractivity contribution in [2.45, 2.75) is 18.9 Å². The molecule has 7 heteroatoms. The van der Waals surface area contributed by atoms with Gasteiger partial charge in [0, 0.05) is 22.6 Å². The van der Waals surface area contributed by atoms with Crippen molar-refractivity contribution in [1.82, 2.24) is 4.98 Å². The molecule has 1 unspecified atom stereocenters. The molecule has 1 amide bonds. The molecule has 3 aromatic rings. The van der Waals surface area contributed by atoms with Gasteiger partial charge in [0.05, 0.1) is 24.6 Å². The van der Waals surface area contributed by atoms with E-state index in [1.54, 1.807) is 17.0 Å². The number of carbonyl (C=O) groups is 1. The van der Waals surface area contributed by atoms with E-state index in [1.807, 2.05) is 29.6 Å². The van der Waals surface area contributed by atoms with Gasteiger partial charge in [0.2, 0.25) is 0 Å². The molecule has 0 N–H and O–H groups in total. The maximum absolute atomic E-state index is 12.9. The van der Waals surface area contributed by atoms with Crippen molar-refractivity contribution >= 4 is 34.0 Å². The molecule has 134 valence electrons. The van der Waals surface area contributed by atoms with Crippen LogP contribution in [0.4, 0.5) is 5.13 Å². The van der Waals surface area contributed by atoms with E-state index >= 15 is 0 Å². The van der Waals surface area contributed by atoms with Crippen molar-refractivity contribution in [2.24, 2.45) is 0 Å². The Bertz CT molecular complexity index is 871. The highest BCUT2D eigenvalue weighted by molar-refractivity contribution is 7.14. The SMILES string of the molecule is O=C(c1ccco1)N(CC1CCCO1)c1nc(-c2ccc(Cl)cc2)cs1. The summed E-state index contributed by atoms with van der Waals surface area (Å²) in [6.07, 6.45) is 3.48. The van der Waals surface area contributed by atoms with E-state index < -0.39 is 0 Å². The Morgan fingerprint density at radius 3 is 2.85 bits per heavy atom. The van der Waals surface area contributed by atoms with Crippen molar-refractivity contribution in [2.75, 3.05) is 18.1 Å². The molecule has 4 rings (SSSR count). The number of amides is 1. The molecule has 0 saturated carbocycles. The van der Waals surface area contributed by atoms with Gasteiger partial charge in [-0.1, -0.05) is 23.7 Å². The first-order valence-electron chi connectivity index (χ1n) is 8.39. The van der Waals surface area contributed by atoms with Crippen LogP contribution >= 0.6 is 22.9 Å². The van der Waals surface area contributed by atoms with Crippen LogP contribution < -0.4 is 4.90 Å². The summed E-state index contributed by atoms with van der Waals surface area (Å²) in [5.74, 6) is 0.0914. The highest BCUT2D eigenvalue weighted by Gasteiger charge is 2.28. The standard InChI is InChI=1S/C19H17ClN2O3S/c20-14-7-5-13(6-8-14)16-12-26-19(21-16)22(11-15-3-1-9-24-15)18(23)17-4-2-10-25-17/h2,4-8,10,12,15H,1,3,9,11H2. The highest BCUT2D eigenvalue weighted by Crippen LogP contribution is 2.30. The summed E-state index contributed by atoms with van der Waals surface area (Å²) in [7, 11) is 0. The topological polar surface area (TPSA) is 55.6 Å². The zero-order valence-corrected chi connectivity index (χ0v) is 15.5. The van der Waals surface area contributed by atoms with E-state index in [0.29, 0.717) is 22.5 Å². The maximum atomic E-state index is 12.9. The Morgan fingerprint density at radius 1 is 1.31 bits per heavy atom. The van der Waals surface area contributed by atoms with Gasteiger partial charge in [0.15, 0.2) is 10.9 Å². The fraction of sp³-hybridized carbons (Fsp3) is 0.263. The van der Waals surface area contributed by atoms with Crippen molar-refractivity contribution in [3.63, 3.8) is 0 Å². The third kappa shape index (κ3) is 3.67. The summed E-state index contributed by atoms with van der Waals surface area (Å²) in [5.41, 5.74) is 1.77. The molecule has 0 spiro atoms. The van der Waals surface area contributed by atoms with Crippen LogP contribution in [0, 0.1) is 0 Å². The Balaban J connectivity index is 1.62. The van der Waals surface area contributed by atoms with Crippen molar-refractivity contribution in [1.29, 1.82) is 0 Å². The quantitative estimate of drug-likeness (QED) is 0.624. The molecular weight excluding hydrogens is 372 g/mol. The van der Waals surface area contributed by atoms with Crippen LogP contribution in [0.2, 0.25) is 5.02 Å². The predicted octanol–water partition coefficient (Wildman–Crippen LogP) is 4.88. The van der Waals surface area contributed by atoms with Gasteiger partial charge in [0.25, 0.3) is 5.91 Å². The summed E-state index contributed by atoms with van der Waals surface area (Å²) in [5, 5.41) is 3.25. The maximum Gasteiger partial charge on any atom is 0.295 e. The molecule has 1 fully saturated rings. The van der Waals surface area contributed by atoms with Gasteiger partial charge in [-0.25, -0.2) is 4.98 Å². The van der Waals surface area contributed by atoms with Crippen LogP contribution in [0.25, 0.3) is 11.3 Å². The number of anilines is 1. The first-order valence-corrected chi connectivity index (χ1v) is 9.65. The monoisotopic (exact) mass is 388 g/mol. The van der Waals surface area contributed by atoms with E-state index in [4.69, 9.17) is 20.8 Å². The summed E-state index contributed by atoms with van der Waals surface area (Å²) < 4.78 is 11.0. The Morgan fingerprint density at radius 2 is 2.15 bits per heavy atom. The Kier molecular flexibility index (Phi) is 5.06. The van der Waals surface area contributed by atoms with E-state index in [1.165, 1.54) is 17.6 Å². The molecule has 1 aliphatic heterocycles. The molecule has 2 aromatic heterocycles. The molecule has 5 nitrogen and oxygen atoms in total. The van der Waals surface area contributed by atoms with Crippen LogP contribution in [-0.4, -0.2) is 30.1 Å². The second-order valence-corrected chi connectivity index (χ2v) is 7.32. The van der Waals surface area contributed by atoms with Gasteiger partial charge in [-0.15, -0.1) is 11.3 Å². The average molecular weight is 389 g/mol. The van der Waals surface area contributed by atoms with E-state index in [-0.39, 0.29) is 12.0 Å².